The second kappa shape index (κ2) is 15.5. The zero-order valence-corrected chi connectivity index (χ0v) is 34.9. The van der Waals surface area contributed by atoms with Crippen LogP contribution >= 0.6 is 11.6 Å². The molecule has 17 heteroatoms. The second-order valence-electron chi connectivity index (χ2n) is 16.9. The van der Waals surface area contributed by atoms with E-state index in [9.17, 15) is 27.6 Å². The third-order valence-corrected chi connectivity index (χ3v) is 13.4. The third-order valence-electron chi connectivity index (χ3n) is 11.3. The molecule has 15 nitrogen and oxygen atoms in total. The first-order chi connectivity index (χ1) is 28.1. The molecule has 59 heavy (non-hydrogen) atoms. The number of allylic oxidation sites excluding steroid dienone is 1. The Morgan fingerprint density at radius 2 is 1.85 bits per heavy atom. The van der Waals surface area contributed by atoms with Crippen LogP contribution in [0.1, 0.15) is 78.6 Å². The molecule has 2 aliphatic heterocycles. The van der Waals surface area contributed by atoms with Gasteiger partial charge in [-0.2, -0.15) is 0 Å². The van der Waals surface area contributed by atoms with Crippen LogP contribution in [-0.4, -0.2) is 90.3 Å². The number of nitrogens with one attached hydrogen (secondary N) is 3. The number of methoxy groups -OCH3 is 1. The molecule has 4 aliphatic rings. The zero-order valence-electron chi connectivity index (χ0n) is 33.3. The molecule has 0 spiro atoms. The normalized spacial score (nSPS) is 25.9. The summed E-state index contributed by atoms with van der Waals surface area (Å²) in [5, 5.41) is 6.69. The van der Waals surface area contributed by atoms with Gasteiger partial charge in [0.25, 0.3) is 5.91 Å². The van der Waals surface area contributed by atoms with E-state index in [0.717, 1.165) is 12.8 Å². The molecule has 2 aromatic heterocycles. The molecule has 2 aromatic carbocycles. The summed E-state index contributed by atoms with van der Waals surface area (Å²) < 4.78 is 52.5. The van der Waals surface area contributed by atoms with Crippen LogP contribution in [0.2, 0.25) is 5.02 Å². The first kappa shape index (κ1) is 40.7. The topological polar surface area (TPSA) is 195 Å². The van der Waals surface area contributed by atoms with Crippen LogP contribution < -0.4 is 24.8 Å². The average Bonchev–Trinajstić information content (AvgIpc) is 4.08. The van der Waals surface area contributed by atoms with E-state index < -0.39 is 74.3 Å². The number of nitrogens with zero attached hydrogens (tertiary/aromatic N) is 2. The summed E-state index contributed by atoms with van der Waals surface area (Å²) >= 11 is 6.40. The number of hydrogen-bond acceptors (Lipinski definition) is 11. The molecule has 4 heterocycles. The minimum atomic E-state index is -3.93. The first-order valence-corrected chi connectivity index (χ1v) is 22.0. The number of sulfonamides is 1. The van der Waals surface area contributed by atoms with E-state index in [1.807, 2.05) is 18.2 Å². The number of carbonyl (C=O) groups excluding carboxylic acids is 4. The summed E-state index contributed by atoms with van der Waals surface area (Å²) in [6, 6.07) is 8.33. The Labute approximate surface area is 346 Å². The Morgan fingerprint density at radius 3 is 2.59 bits per heavy atom. The molecule has 0 radical (unpaired) electrons. The fraction of sp³-hybridized carbons (Fsp3) is 0.500. The first-order valence-electron chi connectivity index (χ1n) is 20.1. The van der Waals surface area contributed by atoms with Gasteiger partial charge in [-0.05, 0) is 89.6 Å². The van der Waals surface area contributed by atoms with Crippen molar-refractivity contribution >= 4 is 78.4 Å². The quantitative estimate of drug-likeness (QED) is 0.184. The van der Waals surface area contributed by atoms with Crippen molar-refractivity contribution in [3.05, 3.63) is 53.6 Å². The highest BCUT2D eigenvalue weighted by Gasteiger charge is 2.62. The van der Waals surface area contributed by atoms with Crippen molar-refractivity contribution in [2.75, 3.05) is 13.7 Å². The van der Waals surface area contributed by atoms with Gasteiger partial charge >= 0.3 is 6.09 Å². The standard InChI is InChI=1S/C42H48ClN5O10S/c1-41(2,3)58-40(52)44-29-13-9-7-5-6-8-11-23-21-42(23,39(51)47-59(53,54)26-16-17-26)46-37(49)30-20-25(22-48(30)38(29)50)56-35-27-12-10-14-32(55-4)33(27)45-34-28-19-24(43)15-18-31(28)57-36(34)35/h8,10-12,14-15,18-19,23,25-26,29-30H,5-7,9,13,16-17,20-22H2,1-4H3,(H,44,52)(H,46,49)(H,47,51)/b11-8-/t23-,25+,29-,30-,42+/m0/s1. The molecule has 3 fully saturated rings. The maximum absolute atomic E-state index is 14.7. The van der Waals surface area contributed by atoms with Crippen molar-refractivity contribution in [3.63, 3.8) is 0 Å². The molecule has 1 saturated heterocycles. The summed E-state index contributed by atoms with van der Waals surface area (Å²) in [6.07, 6.45) is 6.36. The van der Waals surface area contributed by atoms with Crippen molar-refractivity contribution in [1.82, 2.24) is 25.2 Å². The van der Waals surface area contributed by atoms with Crippen LogP contribution in [0.25, 0.3) is 33.0 Å². The molecule has 2 saturated carbocycles. The van der Waals surface area contributed by atoms with Gasteiger partial charge in [0.05, 0.1) is 24.3 Å². The van der Waals surface area contributed by atoms with E-state index in [1.54, 1.807) is 51.1 Å². The number of carbonyl (C=O) groups is 4. The Balaban J connectivity index is 1.17. The summed E-state index contributed by atoms with van der Waals surface area (Å²) in [6.45, 7) is 5.09. The van der Waals surface area contributed by atoms with Crippen molar-refractivity contribution in [2.24, 2.45) is 5.92 Å². The van der Waals surface area contributed by atoms with Gasteiger partial charge in [0.1, 0.15) is 51.7 Å². The number of ether oxygens (including phenoxy) is 3. The Hall–Kier alpha value is -5.09. The summed E-state index contributed by atoms with van der Waals surface area (Å²) in [4.78, 5) is 62.6. The fourth-order valence-electron chi connectivity index (χ4n) is 8.12. The predicted octanol–water partition coefficient (Wildman–Crippen LogP) is 6.04. The monoisotopic (exact) mass is 849 g/mol. The SMILES string of the molecule is COc1cccc2c(O[C@@H]3C[C@H]4C(=O)N[C@]5(C(=O)NS(=O)(=O)C6CC6)C[C@@H]5/C=C\CCCCC[C@H](NC(=O)OC(C)(C)C)C(=O)N4C3)c3oc4ccc(Cl)cc4c3nc12. The van der Waals surface area contributed by atoms with Gasteiger partial charge in [-0.15, -0.1) is 0 Å². The molecule has 0 bridgehead atoms. The molecule has 4 amide bonds. The van der Waals surface area contributed by atoms with E-state index in [0.29, 0.717) is 75.2 Å². The lowest BCUT2D eigenvalue weighted by Gasteiger charge is -2.30. The maximum Gasteiger partial charge on any atom is 0.408 e. The zero-order chi connectivity index (χ0) is 41.9. The van der Waals surface area contributed by atoms with Gasteiger partial charge in [-0.25, -0.2) is 18.2 Å². The van der Waals surface area contributed by atoms with Crippen LogP contribution in [0.5, 0.6) is 11.5 Å². The van der Waals surface area contributed by atoms with Gasteiger partial charge in [-0.1, -0.05) is 42.7 Å². The number of fused-ring (bicyclic) bond motifs is 6. The number of benzene rings is 2. The second-order valence-corrected chi connectivity index (χ2v) is 19.3. The Morgan fingerprint density at radius 1 is 1.05 bits per heavy atom. The number of hydrogen-bond donors (Lipinski definition) is 3. The number of halogens is 1. The summed E-state index contributed by atoms with van der Waals surface area (Å²) in [5.74, 6) is -1.66. The van der Waals surface area contributed by atoms with Crippen LogP contribution in [-0.2, 0) is 29.1 Å². The van der Waals surface area contributed by atoms with E-state index in [1.165, 1.54) is 12.0 Å². The average molecular weight is 850 g/mol. The molecule has 5 atom stereocenters. The number of pyridine rings is 1. The lowest BCUT2D eigenvalue weighted by molar-refractivity contribution is -0.141. The molecule has 0 unspecified atom stereocenters. The van der Waals surface area contributed by atoms with Gasteiger partial charge in [0.2, 0.25) is 21.8 Å². The molecule has 314 valence electrons. The molecular formula is C42H48ClN5O10S. The number of para-hydroxylation sites is 1. The summed E-state index contributed by atoms with van der Waals surface area (Å²) in [7, 11) is -2.39. The lowest BCUT2D eigenvalue weighted by Crippen LogP contribution is -2.58. The number of aromatic nitrogens is 1. The van der Waals surface area contributed by atoms with Gasteiger partial charge in [0, 0.05) is 22.7 Å². The molecule has 2 aliphatic carbocycles. The summed E-state index contributed by atoms with van der Waals surface area (Å²) in [5.41, 5.74) is -0.573. The highest BCUT2D eigenvalue weighted by Crippen LogP contribution is 2.47. The van der Waals surface area contributed by atoms with E-state index >= 15 is 0 Å². The van der Waals surface area contributed by atoms with Gasteiger partial charge in [0.15, 0.2) is 11.3 Å². The van der Waals surface area contributed by atoms with Crippen molar-refractivity contribution in [1.29, 1.82) is 0 Å². The predicted molar refractivity (Wildman–Crippen MR) is 220 cm³/mol. The largest absolute Gasteiger partial charge is 0.494 e. The fourth-order valence-corrected chi connectivity index (χ4v) is 9.66. The molecule has 3 N–H and O–H groups in total. The van der Waals surface area contributed by atoms with E-state index in [-0.39, 0.29) is 25.8 Å². The Kier molecular flexibility index (Phi) is 10.7. The van der Waals surface area contributed by atoms with E-state index in [4.69, 9.17) is 35.2 Å². The smallest absolute Gasteiger partial charge is 0.408 e. The van der Waals surface area contributed by atoms with Gasteiger partial charge in [-0.3, -0.25) is 19.1 Å². The van der Waals surface area contributed by atoms with Gasteiger partial charge < -0.3 is 34.2 Å². The maximum atomic E-state index is 14.7. The highest BCUT2D eigenvalue weighted by atomic mass is 35.5. The van der Waals surface area contributed by atoms with Crippen LogP contribution in [0.15, 0.2) is 53.0 Å². The molecule has 8 rings (SSSR count). The minimum Gasteiger partial charge on any atom is -0.494 e. The number of rotatable bonds is 7. The van der Waals surface area contributed by atoms with E-state index in [2.05, 4.69) is 15.4 Å². The van der Waals surface area contributed by atoms with Crippen molar-refractivity contribution < 1.29 is 46.2 Å². The molecule has 4 aromatic rings. The highest BCUT2D eigenvalue weighted by molar-refractivity contribution is 7.91. The number of amides is 4. The van der Waals surface area contributed by atoms with Crippen LogP contribution in [0.3, 0.4) is 0 Å². The van der Waals surface area contributed by atoms with Crippen molar-refractivity contribution in [2.45, 2.75) is 113 Å². The lowest BCUT2D eigenvalue weighted by atomic mass is 10.0. The minimum absolute atomic E-state index is 0.0172. The van der Waals surface area contributed by atoms with Crippen LogP contribution in [0.4, 0.5) is 4.79 Å². The van der Waals surface area contributed by atoms with Crippen LogP contribution in [0, 0.1) is 5.92 Å². The number of alkyl carbamates (subject to hydrolysis) is 1. The molecular weight excluding hydrogens is 802 g/mol. The Bertz CT molecular complexity index is 2500. The third kappa shape index (κ3) is 8.25. The number of furan rings is 1. The van der Waals surface area contributed by atoms with Crippen molar-refractivity contribution in [3.8, 4) is 11.5 Å².